The number of nitrogens with one attached hydrogen (secondary N) is 2. The summed E-state index contributed by atoms with van der Waals surface area (Å²) in [5.41, 5.74) is 0.828. The van der Waals surface area contributed by atoms with Gasteiger partial charge in [-0.2, -0.15) is 0 Å². The Bertz CT molecular complexity index is 756. The second kappa shape index (κ2) is 10.0. The maximum Gasteiger partial charge on any atom is 0.326 e. The lowest BCUT2D eigenvalue weighted by Gasteiger charge is -2.22. The number of urea groups is 1. The summed E-state index contributed by atoms with van der Waals surface area (Å²) in [4.78, 5) is 49.3. The van der Waals surface area contributed by atoms with Gasteiger partial charge in [-0.3, -0.25) is 19.3 Å². The van der Waals surface area contributed by atoms with Crippen LogP contribution >= 0.6 is 0 Å². The summed E-state index contributed by atoms with van der Waals surface area (Å²) >= 11 is 0. The van der Waals surface area contributed by atoms with E-state index in [1.54, 1.807) is 26.0 Å². The Morgan fingerprint density at radius 1 is 1.10 bits per heavy atom. The number of benzene rings is 1. The highest BCUT2D eigenvalue weighted by molar-refractivity contribution is 6.08. The summed E-state index contributed by atoms with van der Waals surface area (Å²) < 4.78 is 4.92. The molecule has 158 valence electrons. The van der Waals surface area contributed by atoms with Gasteiger partial charge < -0.3 is 15.4 Å². The first-order valence-electron chi connectivity index (χ1n) is 10.0. The highest BCUT2D eigenvalue weighted by Gasteiger charge is 2.49. The van der Waals surface area contributed by atoms with Gasteiger partial charge in [0.15, 0.2) is 6.61 Å². The number of carbonyl (C=O) groups excluding carboxylic acids is 4. The van der Waals surface area contributed by atoms with Gasteiger partial charge in [0.2, 0.25) is 0 Å². The van der Waals surface area contributed by atoms with Crippen molar-refractivity contribution >= 4 is 29.5 Å². The molecular weight excluding hydrogens is 374 g/mol. The molecule has 2 N–H and O–H groups in total. The van der Waals surface area contributed by atoms with Crippen LogP contribution in [0.3, 0.4) is 0 Å². The minimum atomic E-state index is -0.974. The van der Waals surface area contributed by atoms with Crippen LogP contribution in [0.2, 0.25) is 0 Å². The van der Waals surface area contributed by atoms with E-state index in [9.17, 15) is 19.2 Å². The van der Waals surface area contributed by atoms with E-state index in [2.05, 4.69) is 17.6 Å². The largest absolute Gasteiger partial charge is 0.454 e. The molecule has 2 rings (SSSR count). The average Bonchev–Trinajstić information content (AvgIpc) is 2.96. The van der Waals surface area contributed by atoms with Crippen molar-refractivity contribution in [3.05, 3.63) is 29.8 Å². The van der Waals surface area contributed by atoms with E-state index in [1.165, 1.54) is 5.56 Å². The molecule has 0 aliphatic carbocycles. The predicted octanol–water partition coefficient (Wildman–Crippen LogP) is 2.62. The fourth-order valence-corrected chi connectivity index (χ4v) is 3.20. The van der Waals surface area contributed by atoms with Gasteiger partial charge in [-0.05, 0) is 43.4 Å². The molecule has 29 heavy (non-hydrogen) atoms. The number of hydrogen-bond acceptors (Lipinski definition) is 5. The lowest BCUT2D eigenvalue weighted by molar-refractivity contribution is -0.150. The molecule has 1 saturated heterocycles. The van der Waals surface area contributed by atoms with E-state index in [1.807, 2.05) is 12.1 Å². The number of esters is 1. The normalized spacial score (nSPS) is 15.2. The minimum absolute atomic E-state index is 0.430. The molecule has 0 unspecified atom stereocenters. The van der Waals surface area contributed by atoms with Crippen LogP contribution in [0.1, 0.15) is 52.0 Å². The third kappa shape index (κ3) is 5.56. The van der Waals surface area contributed by atoms with Crippen LogP contribution in [0.5, 0.6) is 0 Å². The zero-order chi connectivity index (χ0) is 21.4. The number of nitrogens with zero attached hydrogens (tertiary/aromatic N) is 1. The molecule has 1 aliphatic heterocycles. The van der Waals surface area contributed by atoms with E-state index < -0.39 is 42.5 Å². The van der Waals surface area contributed by atoms with Crippen molar-refractivity contribution in [3.63, 3.8) is 0 Å². The summed E-state index contributed by atoms with van der Waals surface area (Å²) in [7, 11) is 0. The zero-order valence-electron chi connectivity index (χ0n) is 17.2. The van der Waals surface area contributed by atoms with Gasteiger partial charge in [0.25, 0.3) is 11.8 Å². The van der Waals surface area contributed by atoms with Crippen LogP contribution in [0.4, 0.5) is 10.5 Å². The van der Waals surface area contributed by atoms with Gasteiger partial charge in [-0.15, -0.1) is 0 Å². The van der Waals surface area contributed by atoms with E-state index in [0.29, 0.717) is 18.5 Å². The van der Waals surface area contributed by atoms with Crippen molar-refractivity contribution in [2.45, 2.75) is 58.4 Å². The van der Waals surface area contributed by atoms with Gasteiger partial charge in [0.05, 0.1) is 0 Å². The van der Waals surface area contributed by atoms with Crippen molar-refractivity contribution < 1.29 is 23.9 Å². The number of anilines is 1. The van der Waals surface area contributed by atoms with Crippen molar-refractivity contribution in [1.29, 1.82) is 0 Å². The molecule has 1 heterocycles. The number of carbonyl (C=O) groups is 4. The van der Waals surface area contributed by atoms with E-state index in [4.69, 9.17) is 4.74 Å². The molecule has 1 aromatic carbocycles. The van der Waals surface area contributed by atoms with Gasteiger partial charge in [-0.1, -0.05) is 39.3 Å². The molecule has 1 aromatic rings. The summed E-state index contributed by atoms with van der Waals surface area (Å²) in [5.74, 6) is -1.76. The second-order valence-electron chi connectivity index (χ2n) is 7.12. The molecule has 0 aromatic heterocycles. The number of amides is 4. The van der Waals surface area contributed by atoms with Gasteiger partial charge in [0, 0.05) is 5.69 Å². The molecule has 4 amide bonds. The molecular formula is C21H29N3O5. The first-order valence-corrected chi connectivity index (χ1v) is 10.0. The molecule has 8 nitrogen and oxygen atoms in total. The fraction of sp³-hybridized carbons (Fsp3) is 0.524. The van der Waals surface area contributed by atoms with Crippen molar-refractivity contribution in [2.75, 3.05) is 18.5 Å². The monoisotopic (exact) mass is 403 g/mol. The molecule has 0 bridgehead atoms. The van der Waals surface area contributed by atoms with Crippen LogP contribution in [0.25, 0.3) is 0 Å². The number of ether oxygens (including phenoxy) is 1. The van der Waals surface area contributed by atoms with Crippen molar-refractivity contribution in [3.8, 4) is 0 Å². The SMILES string of the molecule is CCCCc1ccc(NC(=O)COC(=O)CN2C(=O)NC(CC)(CC)C2=O)cc1. The standard InChI is InChI=1S/C21H29N3O5/c1-4-7-8-15-9-11-16(12-10-15)22-17(25)14-29-18(26)13-24-19(27)21(5-2,6-3)23-20(24)28/h9-12H,4-8,13-14H2,1-3H3,(H,22,25)(H,23,28). The highest BCUT2D eigenvalue weighted by atomic mass is 16.5. The summed E-state index contributed by atoms with van der Waals surface area (Å²) in [6.07, 6.45) is 4.07. The second-order valence-corrected chi connectivity index (χ2v) is 7.12. The van der Waals surface area contributed by atoms with Crippen LogP contribution < -0.4 is 10.6 Å². The van der Waals surface area contributed by atoms with Gasteiger partial charge in [0.1, 0.15) is 12.1 Å². The molecule has 0 atom stereocenters. The smallest absolute Gasteiger partial charge is 0.326 e. The Labute approximate surface area is 171 Å². The van der Waals surface area contributed by atoms with Crippen molar-refractivity contribution in [1.82, 2.24) is 10.2 Å². The third-order valence-electron chi connectivity index (χ3n) is 5.16. The number of unbranched alkanes of at least 4 members (excludes halogenated alkanes) is 1. The van der Waals surface area contributed by atoms with Crippen LogP contribution in [-0.4, -0.2) is 47.4 Å². The fourth-order valence-electron chi connectivity index (χ4n) is 3.20. The summed E-state index contributed by atoms with van der Waals surface area (Å²) in [6, 6.07) is 6.87. The Morgan fingerprint density at radius 3 is 2.31 bits per heavy atom. The highest BCUT2D eigenvalue weighted by Crippen LogP contribution is 2.24. The number of aryl methyl sites for hydroxylation is 1. The third-order valence-corrected chi connectivity index (χ3v) is 5.16. The Balaban J connectivity index is 1.81. The van der Waals surface area contributed by atoms with Crippen LogP contribution in [0.15, 0.2) is 24.3 Å². The van der Waals surface area contributed by atoms with E-state index in [0.717, 1.165) is 24.2 Å². The van der Waals surface area contributed by atoms with Crippen LogP contribution in [-0.2, 0) is 25.5 Å². The zero-order valence-corrected chi connectivity index (χ0v) is 17.2. The van der Waals surface area contributed by atoms with E-state index in [-0.39, 0.29) is 0 Å². The van der Waals surface area contributed by atoms with Gasteiger partial charge >= 0.3 is 12.0 Å². The summed E-state index contributed by atoms with van der Waals surface area (Å²) in [6.45, 7) is 4.71. The Kier molecular flexibility index (Phi) is 7.75. The quantitative estimate of drug-likeness (QED) is 0.462. The number of hydrogen-bond donors (Lipinski definition) is 2. The lowest BCUT2D eigenvalue weighted by atomic mass is 9.93. The maximum atomic E-state index is 12.5. The Hall–Kier alpha value is -2.90. The molecule has 1 fully saturated rings. The molecule has 0 spiro atoms. The number of rotatable bonds is 10. The lowest BCUT2D eigenvalue weighted by Crippen LogP contribution is -2.46. The average molecular weight is 403 g/mol. The number of imide groups is 1. The van der Waals surface area contributed by atoms with E-state index >= 15 is 0 Å². The molecule has 8 heteroatoms. The first-order chi connectivity index (χ1) is 13.8. The molecule has 0 saturated carbocycles. The minimum Gasteiger partial charge on any atom is -0.454 e. The topological polar surface area (TPSA) is 105 Å². The summed E-state index contributed by atoms with van der Waals surface area (Å²) in [5, 5.41) is 5.28. The van der Waals surface area contributed by atoms with Crippen molar-refractivity contribution in [2.24, 2.45) is 0 Å². The van der Waals surface area contributed by atoms with Crippen LogP contribution in [0, 0.1) is 0 Å². The maximum absolute atomic E-state index is 12.5. The molecule has 1 aliphatic rings. The Morgan fingerprint density at radius 2 is 1.76 bits per heavy atom. The van der Waals surface area contributed by atoms with Gasteiger partial charge in [-0.25, -0.2) is 4.79 Å². The molecule has 0 radical (unpaired) electrons. The predicted molar refractivity (Wildman–Crippen MR) is 108 cm³/mol. The first kappa shape index (κ1) is 22.4.